The number of amides is 2. The van der Waals surface area contributed by atoms with Gasteiger partial charge in [-0.2, -0.15) is 0 Å². The van der Waals surface area contributed by atoms with Gasteiger partial charge < -0.3 is 42.6 Å². The maximum atomic E-state index is 13.3. The van der Waals surface area contributed by atoms with Crippen LogP contribution >= 0.6 is 0 Å². The number of aliphatic hydroxyl groups excluding tert-OH is 2. The van der Waals surface area contributed by atoms with E-state index in [-0.39, 0.29) is 29.9 Å². The van der Waals surface area contributed by atoms with E-state index in [2.05, 4.69) is 20.3 Å². The molecule has 15 nitrogen and oxygen atoms in total. The molecule has 32 heavy (non-hydrogen) atoms. The Hall–Kier alpha value is -2.95. The molecule has 1 aliphatic rings. The highest BCUT2D eigenvalue weighted by Crippen LogP contribution is 2.42. The smallest absolute Gasteiger partial charge is 0.312 e. The molecule has 176 valence electrons. The summed E-state index contributed by atoms with van der Waals surface area (Å²) in [5, 5.41) is 34.2. The molecule has 5 atom stereocenters. The van der Waals surface area contributed by atoms with Crippen LogP contribution in [-0.4, -0.2) is 83.7 Å². The monoisotopic (exact) mass is 453 g/mol. The molecule has 3 rings (SSSR count). The number of anilines is 1. The number of carbonyl (C=O) groups is 2. The van der Waals surface area contributed by atoms with Crippen LogP contribution < -0.4 is 28.3 Å². The van der Waals surface area contributed by atoms with Gasteiger partial charge in [0.25, 0.3) is 0 Å². The third-order valence-electron chi connectivity index (χ3n) is 5.51. The SMILES string of the molecule is NC(=O)NCCCC[C@H](N)C(=O)[C@@]1(O)[C@H](O)[C@@H](CO)O[C@@]1(N)n1cnc2c(N)ncnc21. The lowest BCUT2D eigenvalue weighted by atomic mass is 9.82. The molecule has 0 aromatic carbocycles. The normalized spacial score (nSPS) is 28.7. The molecule has 3 heterocycles. The van der Waals surface area contributed by atoms with E-state index in [1.807, 2.05) is 0 Å². The Morgan fingerprint density at radius 1 is 1.31 bits per heavy atom. The Kier molecular flexibility index (Phi) is 6.59. The van der Waals surface area contributed by atoms with Crippen molar-refractivity contribution >= 4 is 28.8 Å². The molecule has 2 amide bonds. The zero-order valence-corrected chi connectivity index (χ0v) is 17.1. The Labute approximate surface area is 181 Å². The van der Waals surface area contributed by atoms with E-state index >= 15 is 0 Å². The minimum absolute atomic E-state index is 0.0192. The van der Waals surface area contributed by atoms with Crippen molar-refractivity contribution in [2.45, 2.75) is 49.0 Å². The minimum Gasteiger partial charge on any atom is -0.394 e. The quantitative estimate of drug-likeness (QED) is 0.170. The molecule has 1 aliphatic heterocycles. The van der Waals surface area contributed by atoms with Crippen LogP contribution in [0.2, 0.25) is 0 Å². The lowest BCUT2D eigenvalue weighted by molar-refractivity contribution is -0.197. The van der Waals surface area contributed by atoms with Crippen molar-refractivity contribution < 1.29 is 29.6 Å². The second-order valence-electron chi connectivity index (χ2n) is 7.55. The Morgan fingerprint density at radius 3 is 2.69 bits per heavy atom. The second-order valence-corrected chi connectivity index (χ2v) is 7.55. The number of unbranched alkanes of at least 4 members (excludes halogenated alkanes) is 1. The maximum absolute atomic E-state index is 13.3. The number of primary amides is 1. The first-order chi connectivity index (χ1) is 15.1. The van der Waals surface area contributed by atoms with Crippen molar-refractivity contribution in [1.82, 2.24) is 24.8 Å². The van der Waals surface area contributed by atoms with Gasteiger partial charge in [0.2, 0.25) is 11.4 Å². The highest BCUT2D eigenvalue weighted by atomic mass is 16.6. The van der Waals surface area contributed by atoms with Crippen LogP contribution in [0.1, 0.15) is 19.3 Å². The van der Waals surface area contributed by atoms with Crippen LogP contribution in [0.4, 0.5) is 10.6 Å². The Morgan fingerprint density at radius 2 is 2.03 bits per heavy atom. The van der Waals surface area contributed by atoms with E-state index in [1.54, 1.807) is 0 Å². The third kappa shape index (κ3) is 3.74. The van der Waals surface area contributed by atoms with Gasteiger partial charge >= 0.3 is 6.03 Å². The lowest BCUT2D eigenvalue weighted by Gasteiger charge is -2.39. The van der Waals surface area contributed by atoms with Gasteiger partial charge in [0.1, 0.15) is 30.4 Å². The van der Waals surface area contributed by atoms with Gasteiger partial charge in [-0.25, -0.2) is 19.7 Å². The van der Waals surface area contributed by atoms with Crippen LogP contribution in [0.15, 0.2) is 12.7 Å². The molecule has 0 saturated carbocycles. The fourth-order valence-corrected chi connectivity index (χ4v) is 3.78. The summed E-state index contributed by atoms with van der Waals surface area (Å²) in [4.78, 5) is 35.9. The van der Waals surface area contributed by atoms with E-state index in [1.165, 1.54) is 0 Å². The van der Waals surface area contributed by atoms with Crippen LogP contribution in [0, 0.1) is 0 Å². The first kappa shape index (κ1) is 23.7. The topological polar surface area (TPSA) is 264 Å². The van der Waals surface area contributed by atoms with Crippen LogP contribution in [0.25, 0.3) is 11.2 Å². The summed E-state index contributed by atoms with van der Waals surface area (Å²) in [5.41, 5.74) is 20.5. The number of ether oxygens (including phenoxy) is 1. The van der Waals surface area contributed by atoms with Crippen molar-refractivity contribution in [3.8, 4) is 0 Å². The summed E-state index contributed by atoms with van der Waals surface area (Å²) in [6.45, 7) is -0.463. The minimum atomic E-state index is -2.77. The number of imidazole rings is 1. The highest BCUT2D eigenvalue weighted by molar-refractivity contribution is 5.94. The average molecular weight is 453 g/mol. The third-order valence-corrected chi connectivity index (χ3v) is 5.51. The van der Waals surface area contributed by atoms with Crippen LogP contribution in [0.3, 0.4) is 0 Å². The van der Waals surface area contributed by atoms with E-state index in [4.69, 9.17) is 27.7 Å². The zero-order valence-electron chi connectivity index (χ0n) is 17.1. The first-order valence-electron chi connectivity index (χ1n) is 9.83. The number of aliphatic hydroxyl groups is 3. The summed E-state index contributed by atoms with van der Waals surface area (Å²) in [5.74, 6) is -3.40. The number of carbonyl (C=O) groups excluding carboxylic acids is 2. The van der Waals surface area contributed by atoms with Crippen molar-refractivity contribution in [3.63, 3.8) is 0 Å². The average Bonchev–Trinajstić information content (AvgIpc) is 3.28. The number of aromatic nitrogens is 4. The van der Waals surface area contributed by atoms with E-state index in [0.29, 0.717) is 12.8 Å². The van der Waals surface area contributed by atoms with Gasteiger partial charge in [-0.1, -0.05) is 0 Å². The maximum Gasteiger partial charge on any atom is 0.312 e. The predicted molar refractivity (Wildman–Crippen MR) is 109 cm³/mol. The number of nitrogens with one attached hydrogen (secondary N) is 1. The molecule has 12 N–H and O–H groups in total. The fraction of sp³-hybridized carbons (Fsp3) is 0.588. The standard InChI is InChI=1S/C17H27N9O6/c18-8(3-1-2-4-22-15(20)30)11(28)16(31)12(29)9(5-27)32-17(16,21)26-7-25-10-13(19)23-6-24-14(10)26/h6-9,12,27,29,31H,1-5,18,21H2,(H2,19,23,24)(H3,20,22,30)/t8-,9+,12+,16+,17-/m0/s1. The Balaban J connectivity index is 1.92. The van der Waals surface area contributed by atoms with Crippen molar-refractivity contribution in [3.05, 3.63) is 12.7 Å². The second kappa shape index (κ2) is 8.89. The largest absolute Gasteiger partial charge is 0.394 e. The first-order valence-corrected chi connectivity index (χ1v) is 9.83. The molecule has 1 saturated heterocycles. The van der Waals surface area contributed by atoms with Gasteiger partial charge in [-0.3, -0.25) is 15.1 Å². The summed E-state index contributed by atoms with van der Waals surface area (Å²) in [6.07, 6.45) is -0.0896. The van der Waals surface area contributed by atoms with Gasteiger partial charge in [0, 0.05) is 6.54 Å². The van der Waals surface area contributed by atoms with Gasteiger partial charge in [0.05, 0.1) is 12.6 Å². The summed E-state index contributed by atoms with van der Waals surface area (Å²) in [6, 6.07) is -1.92. The molecule has 2 aromatic rings. The number of nitrogens with zero attached hydrogens (tertiary/aromatic N) is 4. The molecule has 2 aromatic heterocycles. The van der Waals surface area contributed by atoms with Gasteiger partial charge in [-0.05, 0) is 19.3 Å². The molecule has 0 unspecified atom stereocenters. The molecular weight excluding hydrogens is 426 g/mol. The molecular formula is C17H27N9O6. The summed E-state index contributed by atoms with van der Waals surface area (Å²) in [7, 11) is 0. The molecule has 15 heteroatoms. The Bertz CT molecular complexity index is 1000. The lowest BCUT2D eigenvalue weighted by Crippen LogP contribution is -2.69. The van der Waals surface area contributed by atoms with Crippen molar-refractivity contribution in [1.29, 1.82) is 0 Å². The summed E-state index contributed by atoms with van der Waals surface area (Å²) >= 11 is 0. The van der Waals surface area contributed by atoms with Crippen LogP contribution in [-0.2, 0) is 15.4 Å². The number of urea groups is 1. The number of ketones is 1. The number of nitrogens with two attached hydrogens (primary N) is 4. The molecule has 1 fully saturated rings. The number of hydrogen-bond acceptors (Lipinski definition) is 12. The zero-order chi connectivity index (χ0) is 23.7. The van der Waals surface area contributed by atoms with Crippen molar-refractivity contribution in [2.75, 3.05) is 18.9 Å². The van der Waals surface area contributed by atoms with E-state index in [0.717, 1.165) is 17.2 Å². The highest BCUT2D eigenvalue weighted by Gasteiger charge is 2.69. The molecule has 0 spiro atoms. The molecule has 0 aliphatic carbocycles. The van der Waals surface area contributed by atoms with E-state index < -0.39 is 48.1 Å². The fourth-order valence-electron chi connectivity index (χ4n) is 3.78. The van der Waals surface area contributed by atoms with Gasteiger partial charge in [-0.15, -0.1) is 0 Å². The number of fused-ring (bicyclic) bond motifs is 1. The van der Waals surface area contributed by atoms with E-state index in [9.17, 15) is 24.9 Å². The van der Waals surface area contributed by atoms with Crippen LogP contribution in [0.5, 0.6) is 0 Å². The summed E-state index contributed by atoms with van der Waals surface area (Å²) < 4.78 is 6.61. The van der Waals surface area contributed by atoms with Gasteiger partial charge in [0.15, 0.2) is 17.2 Å². The molecule has 0 bridgehead atoms. The molecule has 0 radical (unpaired) electrons. The number of nitrogen functional groups attached to an aromatic ring is 1. The number of hydrogen-bond donors (Lipinski definition) is 8. The predicted octanol–water partition coefficient (Wildman–Crippen LogP) is -3.80. The van der Waals surface area contributed by atoms with Crippen molar-refractivity contribution in [2.24, 2.45) is 17.2 Å². The number of Topliss-reactive ketones (excluding diaryl/α,β-unsaturated/α-hetero) is 1. The number of rotatable bonds is 9.